The Labute approximate surface area is 195 Å². The van der Waals surface area contributed by atoms with Gasteiger partial charge in [0.25, 0.3) is 0 Å². The third-order valence-electron chi connectivity index (χ3n) is 5.09. The van der Waals surface area contributed by atoms with E-state index >= 15 is 0 Å². The zero-order valence-electron chi connectivity index (χ0n) is 17.7. The fraction of sp³-hybridized carbons (Fsp3) is 0.318. The first-order valence-corrected chi connectivity index (χ1v) is 12.1. The lowest BCUT2D eigenvalue weighted by Gasteiger charge is -2.15. The first kappa shape index (κ1) is 25.1. The molecule has 0 amide bonds. The van der Waals surface area contributed by atoms with Crippen molar-refractivity contribution in [3.05, 3.63) is 70.8 Å². The highest BCUT2D eigenvalue weighted by molar-refractivity contribution is 7.93. The maximum absolute atomic E-state index is 12.8. The van der Waals surface area contributed by atoms with Gasteiger partial charge in [-0.1, -0.05) is 67.4 Å². The molecule has 6 nitrogen and oxygen atoms in total. The molecule has 11 heteroatoms. The van der Waals surface area contributed by atoms with Crippen molar-refractivity contribution in [1.82, 2.24) is 9.55 Å². The van der Waals surface area contributed by atoms with Crippen LogP contribution in [0.1, 0.15) is 36.8 Å². The maximum Gasteiger partial charge on any atom is 0.516 e. The molecule has 0 fully saturated rings. The van der Waals surface area contributed by atoms with Crippen molar-refractivity contribution in [2.24, 2.45) is 0 Å². The number of anilines is 1. The summed E-state index contributed by atoms with van der Waals surface area (Å²) >= 11 is 6.17. The molecule has 1 heterocycles. The Kier molecular flexibility index (Phi) is 7.71. The van der Waals surface area contributed by atoms with E-state index in [1.165, 1.54) is 18.2 Å². The summed E-state index contributed by atoms with van der Waals surface area (Å²) in [5.41, 5.74) is -3.38. The van der Waals surface area contributed by atoms with E-state index in [-0.39, 0.29) is 17.4 Å². The van der Waals surface area contributed by atoms with E-state index < -0.39 is 15.5 Å². The van der Waals surface area contributed by atoms with E-state index in [0.717, 1.165) is 24.2 Å². The van der Waals surface area contributed by atoms with Crippen LogP contribution in [0.5, 0.6) is 0 Å². The monoisotopic (exact) mass is 501 g/mol. The predicted molar refractivity (Wildman–Crippen MR) is 121 cm³/mol. The minimum atomic E-state index is -5.54. The van der Waals surface area contributed by atoms with Gasteiger partial charge in [0, 0.05) is 18.5 Å². The lowest BCUT2D eigenvalue weighted by molar-refractivity contribution is -0.0429. The minimum Gasteiger partial charge on any atom is -0.390 e. The number of nitrogens with one attached hydrogen (secondary N) is 1. The number of aliphatic hydroxyl groups excluding tert-OH is 1. The molecule has 0 aliphatic rings. The van der Waals surface area contributed by atoms with Gasteiger partial charge in [0.15, 0.2) is 5.15 Å². The zero-order chi connectivity index (χ0) is 24.2. The van der Waals surface area contributed by atoms with Crippen molar-refractivity contribution < 1.29 is 26.7 Å². The van der Waals surface area contributed by atoms with Crippen molar-refractivity contribution >= 4 is 27.3 Å². The maximum atomic E-state index is 12.8. The van der Waals surface area contributed by atoms with Gasteiger partial charge in [0.1, 0.15) is 5.82 Å². The number of hydrogen-bond donors (Lipinski definition) is 2. The number of alkyl halides is 3. The minimum absolute atomic E-state index is 0.173. The van der Waals surface area contributed by atoms with Crippen LogP contribution in [0.15, 0.2) is 48.5 Å². The molecule has 2 aromatic carbocycles. The number of nitrogens with zero attached hydrogens (tertiary/aromatic N) is 2. The number of hydrogen-bond acceptors (Lipinski definition) is 4. The highest BCUT2D eigenvalue weighted by atomic mass is 35.5. The van der Waals surface area contributed by atoms with Crippen LogP contribution in [-0.4, -0.2) is 28.6 Å². The van der Waals surface area contributed by atoms with Gasteiger partial charge in [-0.2, -0.15) is 21.6 Å². The number of unbranched alkanes of at least 4 members (excludes halogenated alkanes) is 1. The lowest BCUT2D eigenvalue weighted by atomic mass is 10.0. The molecular weight excluding hydrogens is 479 g/mol. The van der Waals surface area contributed by atoms with Gasteiger partial charge in [-0.05, 0) is 23.6 Å². The summed E-state index contributed by atoms with van der Waals surface area (Å²) in [4.78, 5) is 4.36. The molecule has 0 aliphatic heterocycles. The molecule has 33 heavy (non-hydrogen) atoms. The average molecular weight is 502 g/mol. The summed E-state index contributed by atoms with van der Waals surface area (Å²) in [5.74, 6) is 0.766. The quantitative estimate of drug-likeness (QED) is 0.414. The molecule has 3 aromatic rings. The van der Waals surface area contributed by atoms with Gasteiger partial charge in [0.05, 0.1) is 18.0 Å². The molecule has 0 saturated carbocycles. The number of rotatable bonds is 9. The molecule has 0 unspecified atom stereocenters. The second-order valence-electron chi connectivity index (χ2n) is 7.41. The Bertz CT molecular complexity index is 1210. The molecule has 0 saturated heterocycles. The van der Waals surface area contributed by atoms with E-state index in [2.05, 4.69) is 11.9 Å². The van der Waals surface area contributed by atoms with Gasteiger partial charge < -0.3 is 9.67 Å². The number of benzene rings is 2. The zero-order valence-corrected chi connectivity index (χ0v) is 19.3. The van der Waals surface area contributed by atoms with Crippen molar-refractivity contribution in [3.8, 4) is 11.1 Å². The topological polar surface area (TPSA) is 84.2 Å². The van der Waals surface area contributed by atoms with E-state index in [1.54, 1.807) is 35.1 Å². The van der Waals surface area contributed by atoms with Crippen LogP contribution in [0.3, 0.4) is 0 Å². The lowest BCUT2D eigenvalue weighted by Crippen LogP contribution is -2.30. The fourth-order valence-electron chi connectivity index (χ4n) is 3.37. The molecule has 0 aliphatic carbocycles. The van der Waals surface area contributed by atoms with Crippen molar-refractivity contribution in [1.29, 1.82) is 0 Å². The van der Waals surface area contributed by atoms with Gasteiger partial charge in [0.2, 0.25) is 0 Å². The third-order valence-corrected chi connectivity index (χ3v) is 6.49. The van der Waals surface area contributed by atoms with Gasteiger partial charge in [-0.3, -0.25) is 4.72 Å². The highest BCUT2D eigenvalue weighted by Gasteiger charge is 2.46. The van der Waals surface area contributed by atoms with Gasteiger partial charge in [-0.15, -0.1) is 0 Å². The summed E-state index contributed by atoms with van der Waals surface area (Å²) in [5, 5.41) is 9.96. The van der Waals surface area contributed by atoms with Crippen LogP contribution in [0.25, 0.3) is 11.1 Å². The summed E-state index contributed by atoms with van der Waals surface area (Å²) in [7, 11) is -5.54. The largest absolute Gasteiger partial charge is 0.516 e. The first-order chi connectivity index (χ1) is 15.6. The van der Waals surface area contributed by atoms with Crippen LogP contribution >= 0.6 is 11.6 Å². The number of aliphatic hydroxyl groups is 1. The predicted octanol–water partition coefficient (Wildman–Crippen LogP) is 5.35. The smallest absolute Gasteiger partial charge is 0.390 e. The molecular formula is C22H23ClF3N3O3S. The molecule has 178 valence electrons. The standard InChI is InChI=1S/C22H23ClF3N3O3S/c1-2-3-8-20-27-21(23)19(14-30)29(20)13-15-9-11-16(12-10-15)17-6-4-5-7-18(17)28-33(31,32)22(24,25)26/h4-7,9-12,28,30H,2-3,8,13-14H2,1H3. The molecule has 0 spiro atoms. The Hall–Kier alpha value is -2.56. The second kappa shape index (κ2) is 10.1. The Morgan fingerprint density at radius 1 is 1.12 bits per heavy atom. The number of sulfonamides is 1. The number of halogens is 4. The van der Waals surface area contributed by atoms with Crippen molar-refractivity contribution in [2.45, 2.75) is 44.8 Å². The Morgan fingerprint density at radius 3 is 2.39 bits per heavy atom. The van der Waals surface area contributed by atoms with E-state index in [0.29, 0.717) is 29.8 Å². The van der Waals surface area contributed by atoms with Crippen LogP contribution in [0.2, 0.25) is 5.15 Å². The first-order valence-electron chi connectivity index (χ1n) is 10.2. The molecule has 2 N–H and O–H groups in total. The number of aryl methyl sites for hydroxylation is 1. The summed E-state index contributed by atoms with van der Waals surface area (Å²) in [6.45, 7) is 2.20. The molecule has 0 atom stereocenters. The third kappa shape index (κ3) is 5.69. The SMILES string of the molecule is CCCCc1nc(Cl)c(CO)n1Cc1ccc(-c2ccccc2NS(=O)(=O)C(F)(F)F)cc1. The van der Waals surface area contributed by atoms with E-state index in [1.807, 2.05) is 4.57 Å². The Balaban J connectivity index is 1.89. The Morgan fingerprint density at radius 2 is 1.79 bits per heavy atom. The van der Waals surface area contributed by atoms with Gasteiger partial charge >= 0.3 is 15.5 Å². The fourth-order valence-corrected chi connectivity index (χ4v) is 4.21. The number of aromatic nitrogens is 2. The molecule has 0 bridgehead atoms. The molecule has 0 radical (unpaired) electrons. The van der Waals surface area contributed by atoms with Crippen LogP contribution < -0.4 is 4.72 Å². The van der Waals surface area contributed by atoms with Gasteiger partial charge in [-0.25, -0.2) is 4.98 Å². The normalized spacial score (nSPS) is 12.2. The second-order valence-corrected chi connectivity index (χ2v) is 9.44. The number of imidazole rings is 1. The molecule has 3 rings (SSSR count). The summed E-state index contributed by atoms with van der Waals surface area (Å²) < 4.78 is 65.0. The van der Waals surface area contributed by atoms with Crippen LogP contribution in [0, 0.1) is 0 Å². The summed E-state index contributed by atoms with van der Waals surface area (Å²) in [6, 6.07) is 12.8. The van der Waals surface area contributed by atoms with E-state index in [4.69, 9.17) is 11.6 Å². The summed E-state index contributed by atoms with van der Waals surface area (Å²) in [6.07, 6.45) is 2.61. The van der Waals surface area contributed by atoms with E-state index in [9.17, 15) is 26.7 Å². The average Bonchev–Trinajstić information content (AvgIpc) is 3.06. The van der Waals surface area contributed by atoms with Crippen molar-refractivity contribution in [2.75, 3.05) is 4.72 Å². The molecule has 1 aromatic heterocycles. The van der Waals surface area contributed by atoms with Crippen molar-refractivity contribution in [3.63, 3.8) is 0 Å². The van der Waals surface area contributed by atoms with Crippen LogP contribution in [-0.2, 0) is 29.6 Å². The van der Waals surface area contributed by atoms with Crippen LogP contribution in [0.4, 0.5) is 18.9 Å². The number of para-hydroxylation sites is 1. The highest BCUT2D eigenvalue weighted by Crippen LogP contribution is 2.32.